The van der Waals surface area contributed by atoms with Crippen LogP contribution in [-0.2, 0) is 0 Å². The fraction of sp³-hybridized carbons (Fsp3) is 0. The summed E-state index contributed by atoms with van der Waals surface area (Å²) < 4.78 is 0. The molecule has 0 saturated carbocycles. The number of hydrogen-bond donors (Lipinski definition) is 3. The van der Waals surface area contributed by atoms with Gasteiger partial charge in [0.15, 0.2) is 0 Å². The van der Waals surface area contributed by atoms with Crippen molar-refractivity contribution in [3.63, 3.8) is 0 Å². The molecule has 5 nitrogen and oxygen atoms in total. The summed E-state index contributed by atoms with van der Waals surface area (Å²) >= 11 is 0. The van der Waals surface area contributed by atoms with Gasteiger partial charge in [-0.05, 0) is 24.3 Å². The van der Waals surface area contributed by atoms with Crippen LogP contribution in [0.4, 0.5) is 17.5 Å². The average Bonchev–Trinajstić information content (AvgIpc) is 2.48. The highest BCUT2D eigenvalue weighted by molar-refractivity contribution is 5.91. The van der Waals surface area contributed by atoms with Crippen molar-refractivity contribution in [2.75, 3.05) is 10.8 Å². The fourth-order valence-electron chi connectivity index (χ4n) is 1.88. The molecule has 0 fully saturated rings. The molecule has 0 bridgehead atoms. The third-order valence-corrected chi connectivity index (χ3v) is 2.74. The molecule has 1 heterocycles. The zero-order valence-corrected chi connectivity index (χ0v) is 10.0. The molecule has 0 aliphatic rings. The molecule has 0 atom stereocenters. The molecule has 0 unspecified atom stereocenters. The van der Waals surface area contributed by atoms with E-state index in [1.807, 2.05) is 60.1 Å². The van der Waals surface area contributed by atoms with Crippen molar-refractivity contribution in [1.29, 1.82) is 0 Å². The Balaban J connectivity index is 2.11. The standard InChI is InChI=1S/C14H12N4O/c19-18-14-16-12-9-5-4-8-11(12)13(17-14)15-10-6-2-1-3-7-10/h1-9,19H,(H2,15,16,17,18). The van der Waals surface area contributed by atoms with Crippen LogP contribution >= 0.6 is 0 Å². The highest BCUT2D eigenvalue weighted by Gasteiger charge is 2.06. The van der Waals surface area contributed by atoms with Crippen LogP contribution in [-0.4, -0.2) is 15.2 Å². The molecule has 0 aliphatic heterocycles. The van der Waals surface area contributed by atoms with Crippen LogP contribution in [0.3, 0.4) is 0 Å². The first kappa shape index (κ1) is 11.4. The molecule has 5 heteroatoms. The van der Waals surface area contributed by atoms with Crippen molar-refractivity contribution >= 4 is 28.4 Å². The zero-order valence-electron chi connectivity index (χ0n) is 10.0. The molecule has 2 aromatic carbocycles. The van der Waals surface area contributed by atoms with E-state index in [2.05, 4.69) is 15.3 Å². The first-order chi connectivity index (χ1) is 9.36. The minimum atomic E-state index is 0.164. The first-order valence-electron chi connectivity index (χ1n) is 5.86. The lowest BCUT2D eigenvalue weighted by atomic mass is 10.2. The number of para-hydroxylation sites is 2. The average molecular weight is 252 g/mol. The van der Waals surface area contributed by atoms with Crippen molar-refractivity contribution in [3.8, 4) is 0 Å². The molecule has 0 saturated heterocycles. The maximum absolute atomic E-state index is 8.98. The second-order valence-corrected chi connectivity index (χ2v) is 4.02. The van der Waals surface area contributed by atoms with E-state index in [4.69, 9.17) is 5.21 Å². The Hall–Kier alpha value is -2.66. The third-order valence-electron chi connectivity index (χ3n) is 2.74. The minimum absolute atomic E-state index is 0.164. The molecular weight excluding hydrogens is 240 g/mol. The summed E-state index contributed by atoms with van der Waals surface area (Å²) in [4.78, 5) is 8.42. The lowest BCUT2D eigenvalue weighted by Crippen LogP contribution is -2.02. The topological polar surface area (TPSA) is 70.1 Å². The van der Waals surface area contributed by atoms with Gasteiger partial charge in [0.05, 0.1) is 5.52 Å². The van der Waals surface area contributed by atoms with E-state index in [9.17, 15) is 0 Å². The minimum Gasteiger partial charge on any atom is -0.340 e. The smallest absolute Gasteiger partial charge is 0.249 e. The molecule has 19 heavy (non-hydrogen) atoms. The highest BCUT2D eigenvalue weighted by Crippen LogP contribution is 2.24. The summed E-state index contributed by atoms with van der Waals surface area (Å²) in [6.45, 7) is 0. The van der Waals surface area contributed by atoms with Gasteiger partial charge in [0, 0.05) is 11.1 Å². The lowest BCUT2D eigenvalue weighted by molar-refractivity contribution is 0.383. The molecule has 3 aromatic rings. The van der Waals surface area contributed by atoms with Crippen LogP contribution in [0.1, 0.15) is 0 Å². The molecule has 1 aromatic heterocycles. The third kappa shape index (κ3) is 2.31. The molecule has 0 spiro atoms. The number of fused-ring (bicyclic) bond motifs is 1. The maximum Gasteiger partial charge on any atom is 0.249 e. The second-order valence-electron chi connectivity index (χ2n) is 4.02. The Bertz CT molecular complexity index is 700. The maximum atomic E-state index is 8.98. The van der Waals surface area contributed by atoms with Gasteiger partial charge >= 0.3 is 0 Å². The van der Waals surface area contributed by atoms with Gasteiger partial charge in [-0.1, -0.05) is 30.3 Å². The number of nitrogens with one attached hydrogen (secondary N) is 2. The fourth-order valence-corrected chi connectivity index (χ4v) is 1.88. The van der Waals surface area contributed by atoms with Crippen LogP contribution in [0, 0.1) is 0 Å². The Kier molecular flexibility index (Phi) is 2.96. The number of aromatic nitrogens is 2. The molecule has 0 radical (unpaired) electrons. The van der Waals surface area contributed by atoms with E-state index < -0.39 is 0 Å². The Morgan fingerprint density at radius 3 is 2.37 bits per heavy atom. The van der Waals surface area contributed by atoms with Crippen molar-refractivity contribution in [2.45, 2.75) is 0 Å². The van der Waals surface area contributed by atoms with Gasteiger partial charge in [0.25, 0.3) is 0 Å². The summed E-state index contributed by atoms with van der Waals surface area (Å²) in [6.07, 6.45) is 0. The van der Waals surface area contributed by atoms with E-state index in [1.165, 1.54) is 0 Å². The van der Waals surface area contributed by atoms with Gasteiger partial charge in [-0.25, -0.2) is 10.5 Å². The molecule has 0 aliphatic carbocycles. The van der Waals surface area contributed by atoms with Gasteiger partial charge in [0.2, 0.25) is 5.95 Å². The first-order valence-corrected chi connectivity index (χ1v) is 5.86. The van der Waals surface area contributed by atoms with Gasteiger partial charge < -0.3 is 5.32 Å². The molecule has 3 N–H and O–H groups in total. The number of hydrogen-bond acceptors (Lipinski definition) is 5. The summed E-state index contributed by atoms with van der Waals surface area (Å²) in [5.41, 5.74) is 3.67. The number of nitrogens with zero attached hydrogens (tertiary/aromatic N) is 2. The molecular formula is C14H12N4O. The zero-order chi connectivity index (χ0) is 13.1. The normalized spacial score (nSPS) is 10.4. The van der Waals surface area contributed by atoms with E-state index >= 15 is 0 Å². The largest absolute Gasteiger partial charge is 0.340 e. The molecule has 3 rings (SSSR count). The predicted molar refractivity (Wildman–Crippen MR) is 74.7 cm³/mol. The van der Waals surface area contributed by atoms with Gasteiger partial charge in [-0.15, -0.1) is 0 Å². The number of benzene rings is 2. The number of rotatable bonds is 3. The van der Waals surface area contributed by atoms with Crippen molar-refractivity contribution < 1.29 is 5.21 Å². The van der Waals surface area contributed by atoms with Crippen LogP contribution < -0.4 is 10.8 Å². The number of anilines is 3. The van der Waals surface area contributed by atoms with Crippen molar-refractivity contribution in [3.05, 3.63) is 54.6 Å². The summed E-state index contributed by atoms with van der Waals surface area (Å²) in [5, 5.41) is 13.1. The van der Waals surface area contributed by atoms with Gasteiger partial charge in [-0.2, -0.15) is 4.98 Å². The van der Waals surface area contributed by atoms with Crippen LogP contribution in [0.2, 0.25) is 0 Å². The van der Waals surface area contributed by atoms with Crippen molar-refractivity contribution in [2.24, 2.45) is 0 Å². The Morgan fingerprint density at radius 2 is 1.58 bits per heavy atom. The summed E-state index contributed by atoms with van der Waals surface area (Å²) in [5.74, 6) is 0.811. The predicted octanol–water partition coefficient (Wildman–Crippen LogP) is 3.17. The summed E-state index contributed by atoms with van der Waals surface area (Å²) in [7, 11) is 0. The van der Waals surface area contributed by atoms with E-state index in [1.54, 1.807) is 0 Å². The second kappa shape index (κ2) is 4.91. The lowest BCUT2D eigenvalue weighted by Gasteiger charge is -2.09. The molecule has 0 amide bonds. The summed E-state index contributed by atoms with van der Waals surface area (Å²) in [6, 6.07) is 17.3. The Labute approximate surface area is 109 Å². The van der Waals surface area contributed by atoms with E-state index in [0.29, 0.717) is 5.82 Å². The highest BCUT2D eigenvalue weighted by atomic mass is 16.5. The van der Waals surface area contributed by atoms with Gasteiger partial charge in [-0.3, -0.25) is 5.21 Å². The van der Waals surface area contributed by atoms with E-state index in [-0.39, 0.29) is 5.95 Å². The van der Waals surface area contributed by atoms with Crippen molar-refractivity contribution in [1.82, 2.24) is 9.97 Å². The Morgan fingerprint density at radius 1 is 0.842 bits per heavy atom. The van der Waals surface area contributed by atoms with Crippen LogP contribution in [0.25, 0.3) is 10.9 Å². The molecule has 94 valence electrons. The quantitative estimate of drug-likeness (QED) is 0.624. The van der Waals surface area contributed by atoms with Crippen LogP contribution in [0.5, 0.6) is 0 Å². The monoisotopic (exact) mass is 252 g/mol. The van der Waals surface area contributed by atoms with Crippen LogP contribution in [0.15, 0.2) is 54.6 Å². The SMILES string of the molecule is ONc1nc(Nc2ccccc2)c2ccccc2n1. The van der Waals surface area contributed by atoms with Gasteiger partial charge in [0.1, 0.15) is 5.82 Å². The van der Waals surface area contributed by atoms with E-state index in [0.717, 1.165) is 16.6 Å².